The SMILES string of the molecule is CS(=O)(=O)N(CC(=O)N1CCCCCC1)c1ccc(Cl)cc1F. The fraction of sp³-hybridized carbons (Fsp3) is 0.533. The Hall–Kier alpha value is -1.34. The number of amides is 1. The first-order valence-corrected chi connectivity index (χ1v) is 9.72. The van der Waals surface area contributed by atoms with Gasteiger partial charge in [-0.25, -0.2) is 12.8 Å². The van der Waals surface area contributed by atoms with Crippen molar-refractivity contribution in [1.82, 2.24) is 4.90 Å². The van der Waals surface area contributed by atoms with E-state index < -0.39 is 22.4 Å². The van der Waals surface area contributed by atoms with Crippen molar-refractivity contribution in [3.05, 3.63) is 29.0 Å². The molecule has 1 aliphatic rings. The Labute approximate surface area is 141 Å². The number of rotatable bonds is 4. The second-order valence-electron chi connectivity index (χ2n) is 5.66. The second-order valence-corrected chi connectivity index (χ2v) is 8.00. The maximum absolute atomic E-state index is 14.1. The van der Waals surface area contributed by atoms with Crippen LogP contribution in [-0.4, -0.2) is 45.1 Å². The summed E-state index contributed by atoms with van der Waals surface area (Å²) in [5.74, 6) is -1.08. The Morgan fingerprint density at radius 3 is 2.39 bits per heavy atom. The monoisotopic (exact) mass is 362 g/mol. The third kappa shape index (κ3) is 4.81. The number of benzene rings is 1. The van der Waals surface area contributed by atoms with Crippen LogP contribution in [0.25, 0.3) is 0 Å². The van der Waals surface area contributed by atoms with E-state index in [1.165, 1.54) is 12.1 Å². The molecule has 1 heterocycles. The summed E-state index contributed by atoms with van der Waals surface area (Å²) in [6, 6.07) is 3.70. The Balaban J connectivity index is 2.24. The molecule has 0 spiro atoms. The molecule has 0 bridgehead atoms. The molecule has 23 heavy (non-hydrogen) atoms. The largest absolute Gasteiger partial charge is 0.341 e. The highest BCUT2D eigenvalue weighted by molar-refractivity contribution is 7.92. The number of halogens is 2. The summed E-state index contributed by atoms with van der Waals surface area (Å²) < 4.78 is 38.9. The summed E-state index contributed by atoms with van der Waals surface area (Å²) >= 11 is 5.70. The van der Waals surface area contributed by atoms with Crippen LogP contribution in [-0.2, 0) is 14.8 Å². The second kappa shape index (κ2) is 7.49. The molecule has 1 fully saturated rings. The van der Waals surface area contributed by atoms with Crippen LogP contribution in [0.3, 0.4) is 0 Å². The number of sulfonamides is 1. The zero-order valence-electron chi connectivity index (χ0n) is 13.0. The smallest absolute Gasteiger partial charge is 0.243 e. The van der Waals surface area contributed by atoms with E-state index in [0.29, 0.717) is 13.1 Å². The molecule has 1 saturated heterocycles. The molecule has 2 rings (SSSR count). The van der Waals surface area contributed by atoms with Crippen molar-refractivity contribution >= 4 is 33.2 Å². The first-order chi connectivity index (χ1) is 10.8. The number of hydrogen-bond donors (Lipinski definition) is 0. The lowest BCUT2D eigenvalue weighted by Gasteiger charge is -2.27. The highest BCUT2D eigenvalue weighted by Gasteiger charge is 2.26. The van der Waals surface area contributed by atoms with E-state index in [0.717, 1.165) is 42.3 Å². The zero-order chi connectivity index (χ0) is 17.0. The van der Waals surface area contributed by atoms with E-state index in [1.54, 1.807) is 4.90 Å². The Morgan fingerprint density at radius 2 is 1.87 bits per heavy atom. The van der Waals surface area contributed by atoms with Crippen LogP contribution in [0.2, 0.25) is 5.02 Å². The van der Waals surface area contributed by atoms with Crippen molar-refractivity contribution in [2.75, 3.05) is 30.2 Å². The molecule has 0 saturated carbocycles. The van der Waals surface area contributed by atoms with Crippen molar-refractivity contribution in [2.24, 2.45) is 0 Å². The van der Waals surface area contributed by atoms with Gasteiger partial charge in [0.2, 0.25) is 15.9 Å². The predicted octanol–water partition coefficient (Wildman–Crippen LogP) is 2.65. The summed E-state index contributed by atoms with van der Waals surface area (Å²) in [7, 11) is -3.79. The van der Waals surface area contributed by atoms with E-state index in [9.17, 15) is 17.6 Å². The third-order valence-corrected chi connectivity index (χ3v) is 5.18. The van der Waals surface area contributed by atoms with Gasteiger partial charge in [-0.3, -0.25) is 9.10 Å². The number of nitrogens with zero attached hydrogens (tertiary/aromatic N) is 2. The number of hydrogen-bond acceptors (Lipinski definition) is 3. The molecule has 8 heteroatoms. The van der Waals surface area contributed by atoms with Gasteiger partial charge in [0.25, 0.3) is 0 Å². The quantitative estimate of drug-likeness (QED) is 0.827. The minimum Gasteiger partial charge on any atom is -0.341 e. The molecule has 0 aliphatic carbocycles. The third-order valence-electron chi connectivity index (χ3n) is 3.82. The van der Waals surface area contributed by atoms with Gasteiger partial charge in [-0.2, -0.15) is 0 Å². The number of carbonyl (C=O) groups excluding carboxylic acids is 1. The minimum atomic E-state index is -3.79. The van der Waals surface area contributed by atoms with E-state index in [2.05, 4.69) is 0 Å². The molecule has 0 aromatic heterocycles. The number of likely N-dealkylation sites (tertiary alicyclic amines) is 1. The molecule has 0 radical (unpaired) electrons. The number of anilines is 1. The van der Waals surface area contributed by atoms with Crippen molar-refractivity contribution in [3.8, 4) is 0 Å². The summed E-state index contributed by atoms with van der Waals surface area (Å²) in [6.07, 6.45) is 4.88. The Kier molecular flexibility index (Phi) is 5.86. The fourth-order valence-electron chi connectivity index (χ4n) is 2.61. The minimum absolute atomic E-state index is 0.165. The molecule has 128 valence electrons. The van der Waals surface area contributed by atoms with E-state index in [1.807, 2.05) is 0 Å². The molecule has 1 aromatic carbocycles. The van der Waals surface area contributed by atoms with Crippen molar-refractivity contribution < 1.29 is 17.6 Å². The lowest BCUT2D eigenvalue weighted by atomic mass is 10.2. The normalized spacial score (nSPS) is 16.0. The molecular formula is C15H20ClFN2O3S. The molecule has 0 N–H and O–H groups in total. The first-order valence-electron chi connectivity index (χ1n) is 7.49. The van der Waals surface area contributed by atoms with Gasteiger partial charge in [0.1, 0.15) is 12.4 Å². The van der Waals surface area contributed by atoms with Gasteiger partial charge < -0.3 is 4.90 Å². The average Bonchev–Trinajstić information content (AvgIpc) is 2.73. The molecule has 0 unspecified atom stereocenters. The molecular weight excluding hydrogens is 343 g/mol. The van der Waals surface area contributed by atoms with E-state index in [-0.39, 0.29) is 16.6 Å². The van der Waals surface area contributed by atoms with Crippen LogP contribution in [0, 0.1) is 5.82 Å². The molecule has 0 atom stereocenters. The van der Waals surface area contributed by atoms with Gasteiger partial charge in [0.05, 0.1) is 11.9 Å². The Bertz CT molecular complexity index is 673. The maximum Gasteiger partial charge on any atom is 0.243 e. The topological polar surface area (TPSA) is 57.7 Å². The predicted molar refractivity (Wildman–Crippen MR) is 88.6 cm³/mol. The van der Waals surface area contributed by atoms with Gasteiger partial charge in [-0.15, -0.1) is 0 Å². The molecule has 5 nitrogen and oxygen atoms in total. The molecule has 1 aliphatic heterocycles. The highest BCUT2D eigenvalue weighted by atomic mass is 35.5. The lowest BCUT2D eigenvalue weighted by Crippen LogP contribution is -2.43. The lowest BCUT2D eigenvalue weighted by molar-refractivity contribution is -0.129. The van der Waals surface area contributed by atoms with Crippen LogP contribution in [0.1, 0.15) is 25.7 Å². The van der Waals surface area contributed by atoms with Gasteiger partial charge in [-0.05, 0) is 31.0 Å². The zero-order valence-corrected chi connectivity index (χ0v) is 14.5. The van der Waals surface area contributed by atoms with Crippen molar-refractivity contribution in [2.45, 2.75) is 25.7 Å². The highest BCUT2D eigenvalue weighted by Crippen LogP contribution is 2.25. The number of carbonyl (C=O) groups is 1. The van der Waals surface area contributed by atoms with Crippen molar-refractivity contribution in [1.29, 1.82) is 0 Å². The van der Waals surface area contributed by atoms with Crippen LogP contribution in [0.4, 0.5) is 10.1 Å². The summed E-state index contributed by atoms with van der Waals surface area (Å²) in [6.45, 7) is 0.816. The standard InChI is InChI=1S/C15H20ClFN2O3S/c1-23(21,22)19(14-7-6-12(16)10-13(14)17)11-15(20)18-8-4-2-3-5-9-18/h6-7,10H,2-5,8-9,11H2,1H3. The molecule has 1 aromatic rings. The summed E-state index contributed by atoms with van der Waals surface area (Å²) in [5.41, 5.74) is -0.167. The Morgan fingerprint density at radius 1 is 1.26 bits per heavy atom. The maximum atomic E-state index is 14.1. The van der Waals surface area contributed by atoms with Gasteiger partial charge in [0, 0.05) is 18.1 Å². The van der Waals surface area contributed by atoms with Crippen LogP contribution >= 0.6 is 11.6 Å². The van der Waals surface area contributed by atoms with Gasteiger partial charge >= 0.3 is 0 Å². The van der Waals surface area contributed by atoms with E-state index in [4.69, 9.17) is 11.6 Å². The summed E-state index contributed by atoms with van der Waals surface area (Å²) in [5, 5.41) is 0.165. The van der Waals surface area contributed by atoms with Gasteiger partial charge in [0.15, 0.2) is 0 Å². The van der Waals surface area contributed by atoms with Gasteiger partial charge in [-0.1, -0.05) is 24.4 Å². The fourth-order valence-corrected chi connectivity index (χ4v) is 3.62. The average molecular weight is 363 g/mol. The molecule has 1 amide bonds. The van der Waals surface area contributed by atoms with Crippen LogP contribution in [0.5, 0.6) is 0 Å². The van der Waals surface area contributed by atoms with Crippen molar-refractivity contribution in [3.63, 3.8) is 0 Å². The van der Waals surface area contributed by atoms with Crippen LogP contribution in [0.15, 0.2) is 18.2 Å². The van der Waals surface area contributed by atoms with Crippen LogP contribution < -0.4 is 4.31 Å². The summed E-state index contributed by atoms with van der Waals surface area (Å²) in [4.78, 5) is 14.1. The first kappa shape index (κ1) is 18.0. The van der Waals surface area contributed by atoms with E-state index >= 15 is 0 Å².